The topological polar surface area (TPSA) is 54.3 Å². The molecule has 5 nitrogen and oxygen atoms in total. The van der Waals surface area contributed by atoms with E-state index in [0.717, 1.165) is 5.56 Å². The summed E-state index contributed by atoms with van der Waals surface area (Å²) in [6.45, 7) is 1.86. The van der Waals surface area contributed by atoms with Crippen molar-refractivity contribution in [1.82, 2.24) is 9.88 Å². The van der Waals surface area contributed by atoms with Crippen LogP contribution in [0.3, 0.4) is 0 Å². The molecule has 0 atom stereocenters. The van der Waals surface area contributed by atoms with Crippen molar-refractivity contribution in [2.24, 2.45) is 0 Å². The molecule has 0 spiro atoms. The summed E-state index contributed by atoms with van der Waals surface area (Å²) in [6, 6.07) is 17.0. The number of carbonyl (C=O) groups is 2. The van der Waals surface area contributed by atoms with Crippen LogP contribution in [0.4, 0.5) is 10.1 Å². The quantitative estimate of drug-likeness (QED) is 0.410. The summed E-state index contributed by atoms with van der Waals surface area (Å²) in [6.07, 6.45) is 3.11. The van der Waals surface area contributed by atoms with Crippen LogP contribution in [0.2, 0.25) is 0 Å². The van der Waals surface area contributed by atoms with Gasteiger partial charge in [-0.2, -0.15) is 0 Å². The van der Waals surface area contributed by atoms with Crippen LogP contribution in [0.5, 0.6) is 0 Å². The third kappa shape index (κ3) is 3.36. The predicted molar refractivity (Wildman–Crippen MR) is 113 cm³/mol. The zero-order valence-electron chi connectivity index (χ0n) is 15.4. The summed E-state index contributed by atoms with van der Waals surface area (Å²) in [4.78, 5) is 27.0. The fraction of sp³-hybridized carbons (Fsp3) is 0.0455. The van der Waals surface area contributed by atoms with Crippen LogP contribution < -0.4 is 10.2 Å². The van der Waals surface area contributed by atoms with Gasteiger partial charge in [-0.3, -0.25) is 19.8 Å². The van der Waals surface area contributed by atoms with Gasteiger partial charge in [0.2, 0.25) is 0 Å². The van der Waals surface area contributed by atoms with E-state index in [4.69, 9.17) is 12.2 Å². The number of carbonyl (C=O) groups excluding carboxylic acids is 2. The van der Waals surface area contributed by atoms with Crippen LogP contribution in [0.15, 0.2) is 72.4 Å². The Bertz CT molecular complexity index is 1180. The van der Waals surface area contributed by atoms with Crippen molar-refractivity contribution in [3.05, 3.63) is 89.5 Å². The first-order chi connectivity index (χ1) is 14.0. The molecule has 2 aromatic carbocycles. The molecule has 0 radical (unpaired) electrons. The molecule has 0 saturated carbocycles. The maximum absolute atomic E-state index is 14.2. The van der Waals surface area contributed by atoms with E-state index in [1.165, 1.54) is 17.0 Å². The van der Waals surface area contributed by atoms with Gasteiger partial charge in [0.25, 0.3) is 11.8 Å². The molecule has 1 N–H and O–H groups in total. The van der Waals surface area contributed by atoms with E-state index >= 15 is 0 Å². The van der Waals surface area contributed by atoms with Crippen LogP contribution in [0.1, 0.15) is 11.3 Å². The highest BCUT2D eigenvalue weighted by atomic mass is 32.1. The van der Waals surface area contributed by atoms with Crippen molar-refractivity contribution in [3.63, 3.8) is 0 Å². The molecule has 144 valence electrons. The standard InChI is InChI=1S/C22H16FN3O2S/c1-14-7-2-4-10-18(14)26-21(28)16(20(27)24-22(26)29)13-15-8-6-12-25(15)19-11-5-3-9-17(19)23/h2-13H,1H3,(H,24,27,29)/b16-13+. The average Bonchev–Trinajstić information content (AvgIpc) is 3.15. The number of rotatable bonds is 3. The molecule has 0 aliphatic carbocycles. The Balaban J connectivity index is 1.79. The number of nitrogens with one attached hydrogen (secondary N) is 1. The summed E-state index contributed by atoms with van der Waals surface area (Å²) in [5.41, 5.74) is 2.16. The molecule has 3 aromatic rings. The van der Waals surface area contributed by atoms with Gasteiger partial charge >= 0.3 is 0 Å². The molecule has 4 rings (SSSR count). The minimum atomic E-state index is -0.592. The first-order valence-electron chi connectivity index (χ1n) is 8.86. The van der Waals surface area contributed by atoms with E-state index in [1.807, 2.05) is 19.1 Å². The second-order valence-corrected chi connectivity index (χ2v) is 6.89. The molecule has 29 heavy (non-hydrogen) atoms. The molecule has 2 heterocycles. The molecule has 1 saturated heterocycles. The molecule has 0 bridgehead atoms. The van der Waals surface area contributed by atoms with E-state index in [1.54, 1.807) is 53.2 Å². The van der Waals surface area contributed by atoms with Crippen molar-refractivity contribution in [1.29, 1.82) is 0 Å². The average molecular weight is 405 g/mol. The molecule has 7 heteroatoms. The number of anilines is 1. The summed E-state index contributed by atoms with van der Waals surface area (Å²) in [5, 5.41) is 2.59. The fourth-order valence-corrected chi connectivity index (χ4v) is 3.49. The number of para-hydroxylation sites is 2. The Kier molecular flexibility index (Phi) is 4.82. The highest BCUT2D eigenvalue weighted by Gasteiger charge is 2.35. The van der Waals surface area contributed by atoms with Crippen molar-refractivity contribution < 1.29 is 14.0 Å². The Hall–Kier alpha value is -3.58. The van der Waals surface area contributed by atoms with E-state index in [-0.39, 0.29) is 10.7 Å². The number of aryl methyl sites for hydroxylation is 1. The van der Waals surface area contributed by atoms with Crippen molar-refractivity contribution in [2.45, 2.75) is 6.92 Å². The fourth-order valence-electron chi connectivity index (χ4n) is 3.22. The third-order valence-electron chi connectivity index (χ3n) is 4.64. The molecule has 1 aromatic heterocycles. The summed E-state index contributed by atoms with van der Waals surface area (Å²) >= 11 is 5.23. The number of aromatic nitrogens is 1. The molecular formula is C22H16FN3O2S. The van der Waals surface area contributed by atoms with Crippen molar-refractivity contribution in [2.75, 3.05) is 4.90 Å². The second kappa shape index (κ2) is 7.44. The molecule has 0 unspecified atom stereocenters. The number of halogens is 1. The number of amides is 2. The van der Waals surface area contributed by atoms with Gasteiger partial charge in [-0.1, -0.05) is 30.3 Å². The van der Waals surface area contributed by atoms with Crippen LogP contribution in [-0.4, -0.2) is 21.5 Å². The Morgan fingerprint density at radius 2 is 1.66 bits per heavy atom. The first kappa shape index (κ1) is 18.8. The third-order valence-corrected chi connectivity index (χ3v) is 4.93. The summed E-state index contributed by atoms with van der Waals surface area (Å²) in [7, 11) is 0. The lowest BCUT2D eigenvalue weighted by Crippen LogP contribution is -2.54. The van der Waals surface area contributed by atoms with Crippen molar-refractivity contribution >= 4 is 40.9 Å². The maximum atomic E-state index is 14.2. The molecular weight excluding hydrogens is 389 g/mol. The highest BCUT2D eigenvalue weighted by molar-refractivity contribution is 7.80. The summed E-state index contributed by atoms with van der Waals surface area (Å²) in [5.74, 6) is -1.54. The maximum Gasteiger partial charge on any atom is 0.270 e. The number of benzene rings is 2. The molecule has 1 aliphatic rings. The SMILES string of the molecule is Cc1ccccc1N1C(=O)/C(=C/c2cccn2-c2ccccc2F)C(=O)NC1=S. The van der Waals surface area contributed by atoms with Crippen LogP contribution in [0.25, 0.3) is 11.8 Å². The molecule has 1 fully saturated rings. The largest absolute Gasteiger partial charge is 0.314 e. The van der Waals surface area contributed by atoms with Gasteiger partial charge in [0, 0.05) is 11.9 Å². The van der Waals surface area contributed by atoms with Gasteiger partial charge in [-0.15, -0.1) is 0 Å². The van der Waals surface area contributed by atoms with Crippen molar-refractivity contribution in [3.8, 4) is 5.69 Å². The Labute approximate surface area is 172 Å². The van der Waals surface area contributed by atoms with Crippen LogP contribution >= 0.6 is 12.2 Å². The Morgan fingerprint density at radius 3 is 2.38 bits per heavy atom. The zero-order valence-corrected chi connectivity index (χ0v) is 16.2. The summed E-state index contributed by atoms with van der Waals surface area (Å²) < 4.78 is 15.8. The minimum Gasteiger partial charge on any atom is -0.314 e. The monoisotopic (exact) mass is 405 g/mol. The first-order valence-corrected chi connectivity index (χ1v) is 9.27. The highest BCUT2D eigenvalue weighted by Crippen LogP contribution is 2.26. The molecule has 1 aliphatic heterocycles. The van der Waals surface area contributed by atoms with E-state index in [0.29, 0.717) is 17.1 Å². The number of nitrogens with zero attached hydrogens (tertiary/aromatic N) is 2. The van der Waals surface area contributed by atoms with Gasteiger partial charge in [0.15, 0.2) is 5.11 Å². The molecule has 2 amide bonds. The van der Waals surface area contributed by atoms with E-state index in [9.17, 15) is 14.0 Å². The van der Waals surface area contributed by atoms with E-state index < -0.39 is 17.6 Å². The second-order valence-electron chi connectivity index (χ2n) is 6.50. The normalized spacial score (nSPS) is 15.7. The smallest absolute Gasteiger partial charge is 0.270 e. The number of hydrogen-bond acceptors (Lipinski definition) is 3. The van der Waals surface area contributed by atoms with E-state index in [2.05, 4.69) is 5.32 Å². The van der Waals surface area contributed by atoms with Gasteiger partial charge in [-0.05, 0) is 61.1 Å². The number of hydrogen-bond donors (Lipinski definition) is 1. The van der Waals surface area contributed by atoms with Crippen LogP contribution in [0, 0.1) is 12.7 Å². The van der Waals surface area contributed by atoms with Crippen LogP contribution in [-0.2, 0) is 9.59 Å². The van der Waals surface area contributed by atoms with Gasteiger partial charge in [0.05, 0.1) is 11.4 Å². The lowest BCUT2D eigenvalue weighted by atomic mass is 10.1. The number of thiocarbonyl (C=S) groups is 1. The van der Waals surface area contributed by atoms with Gasteiger partial charge in [0.1, 0.15) is 11.4 Å². The lowest BCUT2D eigenvalue weighted by molar-refractivity contribution is -0.122. The van der Waals surface area contributed by atoms with Gasteiger partial charge in [-0.25, -0.2) is 4.39 Å². The van der Waals surface area contributed by atoms with Gasteiger partial charge < -0.3 is 4.57 Å². The Morgan fingerprint density at radius 1 is 0.966 bits per heavy atom. The lowest BCUT2D eigenvalue weighted by Gasteiger charge is -2.30. The zero-order chi connectivity index (χ0) is 20.5. The predicted octanol–water partition coefficient (Wildman–Crippen LogP) is 3.76. The minimum absolute atomic E-state index is 0.0240.